The van der Waals surface area contributed by atoms with E-state index in [0.717, 1.165) is 24.3 Å². The van der Waals surface area contributed by atoms with E-state index in [1.54, 1.807) is 0 Å². The first-order valence-corrected chi connectivity index (χ1v) is 8.96. The van der Waals surface area contributed by atoms with Crippen LogP contribution in [0.15, 0.2) is 30.3 Å². The van der Waals surface area contributed by atoms with Gasteiger partial charge in [0.25, 0.3) is 5.91 Å². The van der Waals surface area contributed by atoms with Gasteiger partial charge in [-0.3, -0.25) is 9.89 Å². The summed E-state index contributed by atoms with van der Waals surface area (Å²) in [6.07, 6.45) is 6.06. The molecule has 1 aliphatic carbocycles. The summed E-state index contributed by atoms with van der Waals surface area (Å²) < 4.78 is 0. The fourth-order valence-corrected chi connectivity index (χ4v) is 3.35. The van der Waals surface area contributed by atoms with E-state index >= 15 is 0 Å². The molecule has 24 heavy (non-hydrogen) atoms. The van der Waals surface area contributed by atoms with Gasteiger partial charge < -0.3 is 10.2 Å². The molecule has 2 heterocycles. The van der Waals surface area contributed by atoms with Crippen LogP contribution >= 0.6 is 0 Å². The van der Waals surface area contributed by atoms with Gasteiger partial charge in [-0.15, -0.1) is 0 Å². The highest BCUT2D eigenvalue weighted by Crippen LogP contribution is 2.39. The number of nitrogens with one attached hydrogen (secondary N) is 2. The SMILES string of the molecule is O=C(Nc1cccc(CCN2CCCC2)c1)c1cc(C2CC2)[nH]n1. The van der Waals surface area contributed by atoms with Crippen LogP contribution in [0.5, 0.6) is 0 Å². The van der Waals surface area contributed by atoms with Gasteiger partial charge in [-0.05, 0) is 69.0 Å². The zero-order valence-corrected chi connectivity index (χ0v) is 13.9. The van der Waals surface area contributed by atoms with Gasteiger partial charge >= 0.3 is 0 Å². The van der Waals surface area contributed by atoms with Gasteiger partial charge in [0.15, 0.2) is 5.69 Å². The number of carbonyl (C=O) groups is 1. The highest BCUT2D eigenvalue weighted by molar-refractivity contribution is 6.02. The van der Waals surface area contributed by atoms with Gasteiger partial charge in [0.05, 0.1) is 0 Å². The maximum atomic E-state index is 12.3. The molecule has 2 fully saturated rings. The Morgan fingerprint density at radius 3 is 2.88 bits per heavy atom. The van der Waals surface area contributed by atoms with E-state index in [9.17, 15) is 4.79 Å². The molecule has 1 aliphatic heterocycles. The first-order valence-electron chi connectivity index (χ1n) is 8.96. The number of benzene rings is 1. The number of carbonyl (C=O) groups excluding carboxylic acids is 1. The second-order valence-corrected chi connectivity index (χ2v) is 6.94. The molecular weight excluding hydrogens is 300 g/mol. The molecule has 1 amide bonds. The molecule has 4 rings (SSSR count). The lowest BCUT2D eigenvalue weighted by Gasteiger charge is -2.14. The summed E-state index contributed by atoms with van der Waals surface area (Å²) in [7, 11) is 0. The van der Waals surface area contributed by atoms with Crippen molar-refractivity contribution in [1.82, 2.24) is 15.1 Å². The van der Waals surface area contributed by atoms with Crippen LogP contribution in [0.1, 0.15) is 53.3 Å². The van der Waals surface area contributed by atoms with E-state index in [-0.39, 0.29) is 5.91 Å². The Bertz CT molecular complexity index is 714. The van der Waals surface area contributed by atoms with Gasteiger partial charge in [0.2, 0.25) is 0 Å². The lowest BCUT2D eigenvalue weighted by molar-refractivity contribution is 0.102. The van der Waals surface area contributed by atoms with Gasteiger partial charge in [-0.1, -0.05) is 12.1 Å². The van der Waals surface area contributed by atoms with Crippen molar-refractivity contribution in [3.05, 3.63) is 47.3 Å². The first kappa shape index (κ1) is 15.4. The lowest BCUT2D eigenvalue weighted by atomic mass is 10.1. The number of aromatic amines is 1. The Kier molecular flexibility index (Phi) is 4.34. The fourth-order valence-electron chi connectivity index (χ4n) is 3.35. The minimum absolute atomic E-state index is 0.144. The van der Waals surface area contributed by atoms with Gasteiger partial charge in [0, 0.05) is 23.8 Å². The van der Waals surface area contributed by atoms with Crippen LogP contribution in [-0.4, -0.2) is 40.6 Å². The molecule has 126 valence electrons. The number of hydrogen-bond acceptors (Lipinski definition) is 3. The number of anilines is 1. The summed E-state index contributed by atoms with van der Waals surface area (Å²) in [5, 5.41) is 10.1. The molecule has 1 aromatic carbocycles. The largest absolute Gasteiger partial charge is 0.321 e. The van der Waals surface area contributed by atoms with E-state index in [1.807, 2.05) is 18.2 Å². The lowest BCUT2D eigenvalue weighted by Crippen LogP contribution is -2.22. The van der Waals surface area contributed by atoms with Crippen molar-refractivity contribution >= 4 is 11.6 Å². The highest BCUT2D eigenvalue weighted by Gasteiger charge is 2.26. The maximum absolute atomic E-state index is 12.3. The fraction of sp³-hybridized carbons (Fsp3) is 0.474. The normalized spacial score (nSPS) is 18.0. The van der Waals surface area contributed by atoms with Crippen LogP contribution in [0, 0.1) is 0 Å². The molecule has 5 heteroatoms. The molecule has 5 nitrogen and oxygen atoms in total. The Morgan fingerprint density at radius 2 is 2.08 bits per heavy atom. The number of amides is 1. The van der Waals surface area contributed by atoms with Crippen LogP contribution in [0.3, 0.4) is 0 Å². The topological polar surface area (TPSA) is 61.0 Å². The van der Waals surface area contributed by atoms with Gasteiger partial charge in [-0.2, -0.15) is 5.10 Å². The van der Waals surface area contributed by atoms with Crippen molar-refractivity contribution in [2.24, 2.45) is 0 Å². The molecule has 0 spiro atoms. The number of likely N-dealkylation sites (tertiary alicyclic amines) is 1. The van der Waals surface area contributed by atoms with Crippen molar-refractivity contribution < 1.29 is 4.79 Å². The number of aromatic nitrogens is 2. The molecule has 1 aromatic heterocycles. The zero-order valence-electron chi connectivity index (χ0n) is 13.9. The summed E-state index contributed by atoms with van der Waals surface area (Å²) in [6, 6.07) is 10.0. The van der Waals surface area contributed by atoms with E-state index in [4.69, 9.17) is 0 Å². The Hall–Kier alpha value is -2.14. The van der Waals surface area contributed by atoms with Crippen molar-refractivity contribution in [2.45, 2.75) is 38.0 Å². The van der Waals surface area contributed by atoms with Gasteiger partial charge in [-0.25, -0.2) is 0 Å². The van der Waals surface area contributed by atoms with Crippen LogP contribution in [0.4, 0.5) is 5.69 Å². The van der Waals surface area contributed by atoms with Gasteiger partial charge in [0.1, 0.15) is 0 Å². The average Bonchev–Trinajstić information content (AvgIpc) is 3.11. The Morgan fingerprint density at radius 1 is 1.25 bits per heavy atom. The van der Waals surface area contributed by atoms with E-state index in [0.29, 0.717) is 11.6 Å². The minimum Gasteiger partial charge on any atom is -0.321 e. The molecule has 0 radical (unpaired) electrons. The predicted octanol–water partition coefficient (Wildman–Crippen LogP) is 3.18. The smallest absolute Gasteiger partial charge is 0.276 e. The van der Waals surface area contributed by atoms with E-state index in [1.165, 1.54) is 44.3 Å². The summed E-state index contributed by atoms with van der Waals surface area (Å²) in [5.41, 5.74) is 3.66. The van der Waals surface area contributed by atoms with Crippen LogP contribution in [-0.2, 0) is 6.42 Å². The second kappa shape index (κ2) is 6.77. The third-order valence-electron chi connectivity index (χ3n) is 4.95. The van der Waals surface area contributed by atoms with Crippen molar-refractivity contribution in [2.75, 3.05) is 25.0 Å². The molecule has 2 aromatic rings. The van der Waals surface area contributed by atoms with Crippen LogP contribution in [0.2, 0.25) is 0 Å². The minimum atomic E-state index is -0.144. The second-order valence-electron chi connectivity index (χ2n) is 6.94. The number of H-pyrrole nitrogens is 1. The van der Waals surface area contributed by atoms with Crippen molar-refractivity contribution in [3.8, 4) is 0 Å². The molecule has 1 saturated heterocycles. The standard InChI is InChI=1S/C19H24N4O/c24-19(18-13-17(21-22-18)15-6-7-15)20-16-5-3-4-14(12-16)8-11-23-9-1-2-10-23/h3-5,12-13,15H,1-2,6-11H2,(H,20,24)(H,21,22). The molecule has 2 aliphatic rings. The van der Waals surface area contributed by atoms with E-state index < -0.39 is 0 Å². The van der Waals surface area contributed by atoms with E-state index in [2.05, 4.69) is 32.5 Å². The number of nitrogens with zero attached hydrogens (tertiary/aromatic N) is 2. The zero-order chi connectivity index (χ0) is 16.4. The van der Waals surface area contributed by atoms with Crippen LogP contribution < -0.4 is 5.32 Å². The first-order chi connectivity index (χ1) is 11.8. The summed E-state index contributed by atoms with van der Waals surface area (Å²) in [6.45, 7) is 3.54. The molecular formula is C19H24N4O. The average molecular weight is 324 g/mol. The molecule has 0 atom stereocenters. The molecule has 2 N–H and O–H groups in total. The third kappa shape index (κ3) is 3.67. The number of rotatable bonds is 6. The van der Waals surface area contributed by atoms with Crippen LogP contribution in [0.25, 0.3) is 0 Å². The number of hydrogen-bond donors (Lipinski definition) is 2. The Balaban J connectivity index is 1.36. The summed E-state index contributed by atoms with van der Waals surface area (Å²) >= 11 is 0. The summed E-state index contributed by atoms with van der Waals surface area (Å²) in [5.74, 6) is 0.433. The quantitative estimate of drug-likeness (QED) is 0.858. The third-order valence-corrected chi connectivity index (χ3v) is 4.95. The summed E-state index contributed by atoms with van der Waals surface area (Å²) in [4.78, 5) is 14.9. The Labute approximate surface area is 142 Å². The molecule has 0 bridgehead atoms. The highest BCUT2D eigenvalue weighted by atomic mass is 16.1. The molecule has 0 unspecified atom stereocenters. The monoisotopic (exact) mass is 324 g/mol. The molecule has 1 saturated carbocycles. The predicted molar refractivity (Wildman–Crippen MR) is 94.3 cm³/mol. The van der Waals surface area contributed by atoms with Crippen molar-refractivity contribution in [3.63, 3.8) is 0 Å². The maximum Gasteiger partial charge on any atom is 0.276 e. The van der Waals surface area contributed by atoms with Crippen molar-refractivity contribution in [1.29, 1.82) is 0 Å².